The smallest absolute Gasteiger partial charge is 0.417 e. The lowest BCUT2D eigenvalue weighted by Gasteiger charge is -2.50. The van der Waals surface area contributed by atoms with Crippen LogP contribution in [0.3, 0.4) is 0 Å². The Kier molecular flexibility index (Phi) is 8.28. The summed E-state index contributed by atoms with van der Waals surface area (Å²) in [4.78, 5) is 42.7. The number of hydrogen-bond acceptors (Lipinski definition) is 9. The van der Waals surface area contributed by atoms with Gasteiger partial charge < -0.3 is 26.2 Å². The first-order valence-electron chi connectivity index (χ1n) is 14.4. The number of amides is 1. The number of phenols is 1. The van der Waals surface area contributed by atoms with E-state index in [0.717, 1.165) is 6.07 Å². The lowest BCUT2D eigenvalue weighted by Crippen LogP contribution is -2.64. The summed E-state index contributed by atoms with van der Waals surface area (Å²) in [6.45, 7) is 9.47. The highest BCUT2D eigenvalue weighted by Gasteiger charge is 2.63. The van der Waals surface area contributed by atoms with Gasteiger partial charge in [-0.1, -0.05) is 27.7 Å². The fraction of sp³-hybridized carbons (Fsp3) is 0.581. The summed E-state index contributed by atoms with van der Waals surface area (Å²) in [6.07, 6.45) is -5.67. The summed E-state index contributed by atoms with van der Waals surface area (Å²) in [5.41, 5.74) is -1.67. The quantitative estimate of drug-likeness (QED) is 0.299. The fourth-order valence-corrected chi connectivity index (χ4v) is 7.04. The highest BCUT2D eigenvalue weighted by Crippen LogP contribution is 2.54. The Morgan fingerprint density at radius 1 is 1.16 bits per heavy atom. The minimum absolute atomic E-state index is 0.159. The largest absolute Gasteiger partial charge is 0.510 e. The van der Waals surface area contributed by atoms with E-state index >= 15 is 0 Å². The van der Waals surface area contributed by atoms with Crippen molar-refractivity contribution in [2.24, 2.45) is 23.0 Å². The van der Waals surface area contributed by atoms with Crippen molar-refractivity contribution in [2.75, 3.05) is 20.6 Å². The van der Waals surface area contributed by atoms with Crippen LogP contribution in [0, 0.1) is 17.3 Å². The van der Waals surface area contributed by atoms with Crippen molar-refractivity contribution in [3.63, 3.8) is 0 Å². The zero-order valence-corrected chi connectivity index (χ0v) is 25.8. The maximum atomic E-state index is 14.8. The number of alkyl halides is 3. The summed E-state index contributed by atoms with van der Waals surface area (Å²) >= 11 is 0. The predicted molar refractivity (Wildman–Crippen MR) is 154 cm³/mol. The van der Waals surface area contributed by atoms with Gasteiger partial charge in [0.1, 0.15) is 22.8 Å². The van der Waals surface area contributed by atoms with Gasteiger partial charge in [-0.3, -0.25) is 24.2 Å². The number of likely N-dealkylation sites (N-methyl/N-ethyl adjacent to an activating group) is 1. The Labute approximate surface area is 253 Å². The number of primary amides is 1. The number of nitrogens with two attached hydrogens (primary N) is 1. The SMILES string of the molecule is CCN(C)[C@@H]1C(O)=C(C(N)=O)C(=O)[C@@]2(O)C(O)=C3C(=O)c4c(O)cc(CN(C)[C@H](C)C(C)(C)C)c(C(F)(F)F)c4C[C@H]3C[C@@H]12. The van der Waals surface area contributed by atoms with Crippen LogP contribution in [-0.2, 0) is 28.7 Å². The van der Waals surface area contributed by atoms with E-state index in [-0.39, 0.29) is 36.5 Å². The molecule has 0 spiro atoms. The number of carbonyl (C=O) groups is 3. The number of halogens is 3. The van der Waals surface area contributed by atoms with E-state index in [1.165, 1.54) is 11.9 Å². The van der Waals surface area contributed by atoms with Crippen LogP contribution in [0.25, 0.3) is 0 Å². The highest BCUT2D eigenvalue weighted by molar-refractivity contribution is 6.24. The van der Waals surface area contributed by atoms with Gasteiger partial charge in [0.25, 0.3) is 5.91 Å². The number of aromatic hydroxyl groups is 1. The molecule has 0 saturated heterocycles. The van der Waals surface area contributed by atoms with E-state index in [2.05, 4.69) is 0 Å². The molecule has 0 radical (unpaired) electrons. The van der Waals surface area contributed by atoms with E-state index in [0.29, 0.717) is 0 Å². The third-order valence-electron chi connectivity index (χ3n) is 9.84. The molecule has 0 aliphatic heterocycles. The molecule has 0 saturated carbocycles. The first kappa shape index (κ1) is 33.5. The van der Waals surface area contributed by atoms with Crippen LogP contribution in [0.2, 0.25) is 0 Å². The van der Waals surface area contributed by atoms with Gasteiger partial charge in [0.15, 0.2) is 11.4 Å². The Balaban J connectivity index is 1.94. The molecule has 4 rings (SSSR count). The fourth-order valence-electron chi connectivity index (χ4n) is 7.04. The van der Waals surface area contributed by atoms with Gasteiger partial charge in [0.2, 0.25) is 5.78 Å². The predicted octanol–water partition coefficient (Wildman–Crippen LogP) is 3.40. The maximum absolute atomic E-state index is 14.8. The Morgan fingerprint density at radius 3 is 2.25 bits per heavy atom. The normalized spacial score (nSPS) is 26.6. The molecule has 1 aromatic carbocycles. The number of benzene rings is 1. The number of aliphatic hydroxyl groups excluding tert-OH is 2. The van der Waals surface area contributed by atoms with Crippen molar-refractivity contribution in [1.29, 1.82) is 0 Å². The van der Waals surface area contributed by atoms with E-state index in [9.17, 15) is 48.0 Å². The summed E-state index contributed by atoms with van der Waals surface area (Å²) in [6, 6.07) is -0.499. The van der Waals surface area contributed by atoms with Gasteiger partial charge >= 0.3 is 6.18 Å². The van der Waals surface area contributed by atoms with Crippen molar-refractivity contribution in [3.05, 3.63) is 51.0 Å². The van der Waals surface area contributed by atoms with E-state index < -0.39 is 98.7 Å². The minimum Gasteiger partial charge on any atom is -0.510 e. The number of hydrogen-bond donors (Lipinski definition) is 5. The molecule has 0 aromatic heterocycles. The van der Waals surface area contributed by atoms with Crippen LogP contribution >= 0.6 is 0 Å². The number of aliphatic hydroxyl groups is 3. The zero-order valence-electron chi connectivity index (χ0n) is 25.8. The molecule has 0 fully saturated rings. The second-order valence-corrected chi connectivity index (χ2v) is 13.3. The molecule has 1 amide bonds. The Morgan fingerprint density at radius 2 is 1.75 bits per heavy atom. The molecule has 0 heterocycles. The van der Waals surface area contributed by atoms with Crippen LogP contribution in [-0.4, -0.2) is 86.0 Å². The lowest BCUT2D eigenvalue weighted by atomic mass is 9.58. The molecule has 44 heavy (non-hydrogen) atoms. The van der Waals surface area contributed by atoms with Gasteiger partial charge in [0.05, 0.1) is 17.2 Å². The van der Waals surface area contributed by atoms with Gasteiger partial charge in [-0.2, -0.15) is 13.2 Å². The average molecular weight is 624 g/mol. The molecular formula is C31H40F3N3O7. The number of allylic oxidation sites excluding steroid dienone is 1. The van der Waals surface area contributed by atoms with Crippen molar-refractivity contribution < 1.29 is 48.0 Å². The summed E-state index contributed by atoms with van der Waals surface area (Å²) in [7, 11) is 3.19. The number of Topliss-reactive ketones (excluding diaryl/α,β-unsaturated/α-hetero) is 2. The van der Waals surface area contributed by atoms with E-state index in [1.54, 1.807) is 18.9 Å². The van der Waals surface area contributed by atoms with Gasteiger partial charge in [-0.25, -0.2) is 0 Å². The maximum Gasteiger partial charge on any atom is 0.417 e. The molecule has 13 heteroatoms. The minimum atomic E-state index is -4.92. The van der Waals surface area contributed by atoms with Crippen molar-refractivity contribution in [1.82, 2.24) is 9.80 Å². The van der Waals surface area contributed by atoms with E-state index in [4.69, 9.17) is 5.73 Å². The van der Waals surface area contributed by atoms with Gasteiger partial charge in [-0.15, -0.1) is 0 Å². The highest BCUT2D eigenvalue weighted by atomic mass is 19.4. The van der Waals surface area contributed by atoms with E-state index in [1.807, 2.05) is 27.7 Å². The summed E-state index contributed by atoms with van der Waals surface area (Å²) in [5.74, 6) is -9.00. The number of rotatable bonds is 6. The third-order valence-corrected chi connectivity index (χ3v) is 9.84. The van der Waals surface area contributed by atoms with Gasteiger partial charge in [-0.05, 0) is 68.9 Å². The summed E-state index contributed by atoms with van der Waals surface area (Å²) in [5, 5.41) is 45.1. The summed E-state index contributed by atoms with van der Waals surface area (Å²) < 4.78 is 44.4. The molecular weight excluding hydrogens is 583 g/mol. The van der Waals surface area contributed by atoms with Crippen LogP contribution in [0.1, 0.15) is 68.1 Å². The topological polar surface area (TPSA) is 165 Å². The number of ketones is 2. The molecule has 0 unspecified atom stereocenters. The average Bonchev–Trinajstić information content (AvgIpc) is 2.88. The van der Waals surface area contributed by atoms with Crippen LogP contribution in [0.15, 0.2) is 28.7 Å². The van der Waals surface area contributed by atoms with Crippen LogP contribution in [0.4, 0.5) is 13.2 Å². The Hall–Kier alpha value is -3.42. The second-order valence-electron chi connectivity index (χ2n) is 13.3. The molecule has 6 N–H and O–H groups in total. The van der Waals surface area contributed by atoms with Gasteiger partial charge in [0, 0.05) is 24.1 Å². The van der Waals surface area contributed by atoms with Crippen LogP contribution in [0.5, 0.6) is 5.75 Å². The molecule has 3 aliphatic rings. The van der Waals surface area contributed by atoms with Crippen molar-refractivity contribution in [3.8, 4) is 5.75 Å². The zero-order chi connectivity index (χ0) is 33.4. The van der Waals surface area contributed by atoms with Crippen LogP contribution < -0.4 is 5.73 Å². The molecule has 5 atom stereocenters. The van der Waals surface area contributed by atoms with Crippen molar-refractivity contribution in [2.45, 2.75) is 77.9 Å². The number of nitrogens with zero attached hydrogens (tertiary/aromatic N) is 2. The molecule has 242 valence electrons. The third kappa shape index (κ3) is 4.98. The molecule has 1 aromatic rings. The first-order valence-corrected chi connectivity index (χ1v) is 14.4. The first-order chi connectivity index (χ1) is 20.1. The van der Waals surface area contributed by atoms with Crippen molar-refractivity contribution >= 4 is 17.5 Å². The molecule has 0 bridgehead atoms. The monoisotopic (exact) mass is 623 g/mol. The molecule has 3 aliphatic carbocycles. The standard InChI is InChI=1S/C31H40F3N3O7/c1-8-36(6)23-17-10-14-9-16-20(24(39)19(14)26(41)30(17,44)27(42)21(25(23)40)28(35)43)18(38)11-15(22(16)31(32,33)34)12-37(7)13(2)29(3,4)5/h11,13-14,17,23,38,40-41,44H,8-10,12H2,1-7H3,(H2,35,43)/t13-,14+,17+,23+,30+/m1/s1. The number of fused-ring (bicyclic) bond motifs is 3. The Bertz CT molecular complexity index is 1490. The molecule has 10 nitrogen and oxygen atoms in total. The number of carbonyl (C=O) groups excluding carboxylic acids is 3. The lowest BCUT2D eigenvalue weighted by molar-refractivity contribution is -0.148. The number of phenolic OH excluding ortho intramolecular Hbond substituents is 1. The second kappa shape index (κ2) is 10.9.